The molecule has 0 N–H and O–H groups in total. The summed E-state index contributed by atoms with van der Waals surface area (Å²) in [5.41, 5.74) is 3.35. The third-order valence-corrected chi connectivity index (χ3v) is 6.28. The molecule has 1 fully saturated rings. The van der Waals surface area contributed by atoms with Crippen molar-refractivity contribution < 1.29 is 9.53 Å². The summed E-state index contributed by atoms with van der Waals surface area (Å²) in [4.78, 5) is 19.8. The number of hydrogen-bond donors (Lipinski definition) is 0. The number of hydrogen-bond acceptors (Lipinski definition) is 3. The van der Waals surface area contributed by atoms with Crippen LogP contribution in [0.3, 0.4) is 0 Å². The van der Waals surface area contributed by atoms with Gasteiger partial charge in [-0.05, 0) is 36.2 Å². The minimum atomic E-state index is 0.147. The number of carbonyl (C=O) groups excluding carboxylic acids is 1. The SMILES string of the molecule is CCCCCCCn1c(C2CC(=O)N(Cc3ccc(OC)cc3)C2)nc2ccccc21. The van der Waals surface area contributed by atoms with E-state index in [1.807, 2.05) is 35.2 Å². The van der Waals surface area contributed by atoms with Crippen molar-refractivity contribution in [1.82, 2.24) is 14.5 Å². The van der Waals surface area contributed by atoms with E-state index in [1.165, 1.54) is 31.2 Å². The number of para-hydroxylation sites is 2. The van der Waals surface area contributed by atoms with Crippen LogP contribution in [-0.4, -0.2) is 34.0 Å². The van der Waals surface area contributed by atoms with Crippen molar-refractivity contribution in [1.29, 1.82) is 0 Å². The van der Waals surface area contributed by atoms with Crippen molar-refractivity contribution in [3.63, 3.8) is 0 Å². The van der Waals surface area contributed by atoms with Crippen molar-refractivity contribution in [3.8, 4) is 5.75 Å². The highest BCUT2D eigenvalue weighted by Crippen LogP contribution is 2.31. The van der Waals surface area contributed by atoms with Crippen molar-refractivity contribution in [2.24, 2.45) is 0 Å². The number of aromatic nitrogens is 2. The molecule has 0 radical (unpaired) electrons. The number of nitrogens with zero attached hydrogens (tertiary/aromatic N) is 3. The van der Waals surface area contributed by atoms with E-state index in [0.29, 0.717) is 13.0 Å². The minimum Gasteiger partial charge on any atom is -0.497 e. The van der Waals surface area contributed by atoms with Gasteiger partial charge in [-0.2, -0.15) is 0 Å². The Morgan fingerprint density at radius 2 is 1.81 bits per heavy atom. The fourth-order valence-electron chi connectivity index (χ4n) is 4.56. The Balaban J connectivity index is 1.49. The van der Waals surface area contributed by atoms with Gasteiger partial charge in [0.05, 0.1) is 18.1 Å². The Bertz CT molecular complexity index is 1010. The first kappa shape index (κ1) is 21.4. The normalized spacial score (nSPS) is 16.4. The number of methoxy groups -OCH3 is 1. The average molecular weight is 420 g/mol. The maximum absolute atomic E-state index is 12.8. The highest BCUT2D eigenvalue weighted by molar-refractivity contribution is 5.81. The quantitative estimate of drug-likeness (QED) is 0.406. The molecule has 164 valence electrons. The number of fused-ring (bicyclic) bond motifs is 1. The van der Waals surface area contributed by atoms with E-state index < -0.39 is 0 Å². The summed E-state index contributed by atoms with van der Waals surface area (Å²) < 4.78 is 7.61. The van der Waals surface area contributed by atoms with E-state index in [-0.39, 0.29) is 11.8 Å². The molecule has 0 aliphatic carbocycles. The predicted octanol–water partition coefficient (Wildman–Crippen LogP) is 5.53. The minimum absolute atomic E-state index is 0.147. The number of carbonyl (C=O) groups is 1. The van der Waals surface area contributed by atoms with E-state index in [4.69, 9.17) is 9.72 Å². The van der Waals surface area contributed by atoms with Crippen LogP contribution in [0.5, 0.6) is 5.75 Å². The molecule has 2 aromatic carbocycles. The fraction of sp³-hybridized carbons (Fsp3) is 0.462. The van der Waals surface area contributed by atoms with Crippen LogP contribution < -0.4 is 4.74 Å². The van der Waals surface area contributed by atoms with Crippen LogP contribution in [0, 0.1) is 0 Å². The molecule has 0 spiro atoms. The van der Waals surface area contributed by atoms with Gasteiger partial charge in [-0.3, -0.25) is 4.79 Å². The fourth-order valence-corrected chi connectivity index (χ4v) is 4.56. The maximum atomic E-state index is 12.8. The van der Waals surface area contributed by atoms with Crippen molar-refractivity contribution >= 4 is 16.9 Å². The zero-order valence-corrected chi connectivity index (χ0v) is 18.7. The monoisotopic (exact) mass is 419 g/mol. The molecule has 1 unspecified atom stereocenters. The Morgan fingerprint density at radius 3 is 2.58 bits per heavy atom. The molecule has 2 heterocycles. The molecular weight excluding hydrogens is 386 g/mol. The van der Waals surface area contributed by atoms with Crippen LogP contribution >= 0.6 is 0 Å². The third kappa shape index (κ3) is 4.92. The number of unbranched alkanes of at least 4 members (excludes halogenated alkanes) is 4. The zero-order valence-electron chi connectivity index (χ0n) is 18.7. The van der Waals surface area contributed by atoms with E-state index in [9.17, 15) is 4.79 Å². The molecular formula is C26H33N3O2. The summed E-state index contributed by atoms with van der Waals surface area (Å²) in [5.74, 6) is 2.26. The largest absolute Gasteiger partial charge is 0.497 e. The molecule has 31 heavy (non-hydrogen) atoms. The number of likely N-dealkylation sites (tertiary alicyclic amines) is 1. The molecule has 1 aromatic heterocycles. The number of aryl methyl sites for hydroxylation is 1. The third-order valence-electron chi connectivity index (χ3n) is 6.28. The summed E-state index contributed by atoms with van der Waals surface area (Å²) in [7, 11) is 1.67. The van der Waals surface area contributed by atoms with Crippen LogP contribution in [0.15, 0.2) is 48.5 Å². The summed E-state index contributed by atoms with van der Waals surface area (Å²) in [6.45, 7) is 4.58. The second-order valence-electron chi connectivity index (χ2n) is 8.55. The number of ether oxygens (including phenoxy) is 1. The van der Waals surface area contributed by atoms with Crippen LogP contribution in [-0.2, 0) is 17.9 Å². The first-order valence-electron chi connectivity index (χ1n) is 11.6. The number of benzene rings is 2. The van der Waals surface area contributed by atoms with Gasteiger partial charge in [0.25, 0.3) is 0 Å². The van der Waals surface area contributed by atoms with Gasteiger partial charge in [-0.1, -0.05) is 56.9 Å². The topological polar surface area (TPSA) is 47.4 Å². The lowest BCUT2D eigenvalue weighted by molar-refractivity contribution is -0.128. The van der Waals surface area contributed by atoms with E-state index in [1.54, 1.807) is 7.11 Å². The molecule has 5 nitrogen and oxygen atoms in total. The molecule has 5 heteroatoms. The molecule has 0 saturated carbocycles. The second-order valence-corrected chi connectivity index (χ2v) is 8.55. The highest BCUT2D eigenvalue weighted by atomic mass is 16.5. The summed E-state index contributed by atoms with van der Waals surface area (Å²) in [6.07, 6.45) is 6.78. The highest BCUT2D eigenvalue weighted by Gasteiger charge is 2.33. The van der Waals surface area contributed by atoms with Gasteiger partial charge in [0, 0.05) is 32.0 Å². The van der Waals surface area contributed by atoms with Gasteiger partial charge in [0.15, 0.2) is 0 Å². The molecule has 1 atom stereocenters. The Hall–Kier alpha value is -2.82. The van der Waals surface area contributed by atoms with Crippen LogP contribution in [0.2, 0.25) is 0 Å². The van der Waals surface area contributed by atoms with Gasteiger partial charge in [0.1, 0.15) is 11.6 Å². The Kier molecular flexibility index (Phi) is 6.90. The summed E-state index contributed by atoms with van der Waals surface area (Å²) in [6, 6.07) is 16.3. The average Bonchev–Trinajstić information content (AvgIpc) is 3.34. The molecule has 0 bridgehead atoms. The number of amides is 1. The van der Waals surface area contributed by atoms with Gasteiger partial charge in [-0.15, -0.1) is 0 Å². The number of imidazole rings is 1. The van der Waals surface area contributed by atoms with Crippen LogP contribution in [0.25, 0.3) is 11.0 Å². The van der Waals surface area contributed by atoms with Crippen molar-refractivity contribution in [3.05, 3.63) is 59.9 Å². The molecule has 1 saturated heterocycles. The standard InChI is InChI=1S/C26H33N3O2/c1-3-4-5-6-9-16-29-24-11-8-7-10-23(24)27-26(29)21-17-25(30)28(19-21)18-20-12-14-22(31-2)15-13-20/h7-8,10-15,21H,3-6,9,16-19H2,1-2H3. The first-order valence-corrected chi connectivity index (χ1v) is 11.6. The Morgan fingerprint density at radius 1 is 1.03 bits per heavy atom. The van der Waals surface area contributed by atoms with Gasteiger partial charge < -0.3 is 14.2 Å². The lowest BCUT2D eigenvalue weighted by Crippen LogP contribution is -2.24. The first-order chi connectivity index (χ1) is 15.2. The van der Waals surface area contributed by atoms with E-state index in [0.717, 1.165) is 42.2 Å². The second kappa shape index (κ2) is 9.99. The maximum Gasteiger partial charge on any atom is 0.223 e. The zero-order chi connectivity index (χ0) is 21.6. The Labute approximate surface area is 185 Å². The van der Waals surface area contributed by atoms with E-state index in [2.05, 4.69) is 29.7 Å². The van der Waals surface area contributed by atoms with Crippen LogP contribution in [0.1, 0.15) is 62.8 Å². The summed E-state index contributed by atoms with van der Waals surface area (Å²) >= 11 is 0. The molecule has 1 aliphatic rings. The van der Waals surface area contributed by atoms with E-state index >= 15 is 0 Å². The predicted molar refractivity (Wildman–Crippen MR) is 124 cm³/mol. The molecule has 1 aliphatic heterocycles. The van der Waals surface area contributed by atoms with Crippen LogP contribution in [0.4, 0.5) is 0 Å². The van der Waals surface area contributed by atoms with Gasteiger partial charge in [-0.25, -0.2) is 4.98 Å². The molecule has 1 amide bonds. The van der Waals surface area contributed by atoms with Crippen molar-refractivity contribution in [2.45, 2.75) is 64.5 Å². The van der Waals surface area contributed by atoms with Crippen molar-refractivity contribution in [2.75, 3.05) is 13.7 Å². The lowest BCUT2D eigenvalue weighted by Gasteiger charge is -2.18. The number of rotatable bonds is 10. The summed E-state index contributed by atoms with van der Waals surface area (Å²) in [5, 5.41) is 0. The molecule has 4 rings (SSSR count). The van der Waals surface area contributed by atoms with Gasteiger partial charge >= 0.3 is 0 Å². The lowest BCUT2D eigenvalue weighted by atomic mass is 10.1. The van der Waals surface area contributed by atoms with Gasteiger partial charge in [0.2, 0.25) is 5.91 Å². The molecule has 3 aromatic rings. The smallest absolute Gasteiger partial charge is 0.223 e.